The van der Waals surface area contributed by atoms with E-state index in [9.17, 15) is 4.79 Å². The number of carbonyl (C=O) groups is 1. The number of H-pyrrole nitrogens is 1. The summed E-state index contributed by atoms with van der Waals surface area (Å²) in [5.74, 6) is 0.184. The molecule has 0 aromatic carbocycles. The molecule has 5 nitrogen and oxygen atoms in total. The van der Waals surface area contributed by atoms with Gasteiger partial charge in [0.2, 0.25) is 0 Å². The molecule has 0 radical (unpaired) electrons. The van der Waals surface area contributed by atoms with Gasteiger partial charge in [-0.05, 0) is 37.5 Å². The van der Waals surface area contributed by atoms with Gasteiger partial charge in [-0.2, -0.15) is 5.10 Å². The monoisotopic (exact) mass is 233 g/mol. The van der Waals surface area contributed by atoms with Gasteiger partial charge in [-0.25, -0.2) is 0 Å². The van der Waals surface area contributed by atoms with Crippen LogP contribution in [0.4, 0.5) is 0 Å². The fourth-order valence-electron chi connectivity index (χ4n) is 1.60. The Balaban J connectivity index is 1.70. The summed E-state index contributed by atoms with van der Waals surface area (Å²) in [6, 6.07) is 3.35. The van der Waals surface area contributed by atoms with Crippen molar-refractivity contribution in [3.05, 3.63) is 41.6 Å². The number of hydrogen-bond donors (Lipinski definition) is 2. The minimum atomic E-state index is -0.168. The van der Waals surface area contributed by atoms with Crippen LogP contribution in [0.1, 0.15) is 28.2 Å². The molecular weight excluding hydrogens is 218 g/mol. The minimum absolute atomic E-state index is 0.168. The van der Waals surface area contributed by atoms with Crippen LogP contribution in [-0.4, -0.2) is 22.6 Å². The molecule has 0 aliphatic carbocycles. The van der Waals surface area contributed by atoms with E-state index in [4.69, 9.17) is 4.42 Å². The lowest BCUT2D eigenvalue weighted by Crippen LogP contribution is -2.24. The molecule has 2 aromatic heterocycles. The van der Waals surface area contributed by atoms with E-state index in [0.717, 1.165) is 18.5 Å². The summed E-state index contributed by atoms with van der Waals surface area (Å²) in [5, 5.41) is 9.64. The van der Waals surface area contributed by atoms with Crippen LogP contribution in [-0.2, 0) is 6.42 Å². The molecule has 0 atom stereocenters. The van der Waals surface area contributed by atoms with E-state index in [0.29, 0.717) is 12.3 Å². The van der Waals surface area contributed by atoms with Gasteiger partial charge in [0.15, 0.2) is 5.76 Å². The molecule has 2 N–H and O–H groups in total. The molecule has 90 valence electrons. The van der Waals surface area contributed by atoms with Gasteiger partial charge < -0.3 is 9.73 Å². The van der Waals surface area contributed by atoms with Crippen molar-refractivity contribution in [3.8, 4) is 0 Å². The maximum absolute atomic E-state index is 11.5. The number of nitrogens with zero attached hydrogens (tertiary/aromatic N) is 1. The first-order valence-electron chi connectivity index (χ1n) is 5.58. The Morgan fingerprint density at radius 2 is 2.47 bits per heavy atom. The van der Waals surface area contributed by atoms with Crippen LogP contribution in [0.25, 0.3) is 0 Å². The first kappa shape index (κ1) is 11.4. The Kier molecular flexibility index (Phi) is 3.59. The normalized spacial score (nSPS) is 10.4. The third-order valence-electron chi connectivity index (χ3n) is 2.59. The van der Waals surface area contributed by atoms with Gasteiger partial charge in [0, 0.05) is 12.2 Å². The van der Waals surface area contributed by atoms with E-state index < -0.39 is 0 Å². The molecule has 2 rings (SSSR count). The topological polar surface area (TPSA) is 70.9 Å². The molecule has 5 heteroatoms. The molecule has 0 saturated heterocycles. The quantitative estimate of drug-likeness (QED) is 0.772. The van der Waals surface area contributed by atoms with Crippen molar-refractivity contribution in [3.63, 3.8) is 0 Å². The smallest absolute Gasteiger partial charge is 0.286 e. The molecule has 0 saturated carbocycles. The van der Waals surface area contributed by atoms with Crippen molar-refractivity contribution >= 4 is 5.91 Å². The van der Waals surface area contributed by atoms with Crippen molar-refractivity contribution < 1.29 is 9.21 Å². The zero-order valence-electron chi connectivity index (χ0n) is 9.69. The molecule has 17 heavy (non-hydrogen) atoms. The van der Waals surface area contributed by atoms with Crippen molar-refractivity contribution in [2.45, 2.75) is 19.8 Å². The minimum Gasteiger partial charge on any atom is -0.459 e. The predicted octanol–water partition coefficient (Wildman–Crippen LogP) is 1.67. The SMILES string of the molecule is Cc1[nH]ncc1CCCNC(=O)c1ccco1. The summed E-state index contributed by atoms with van der Waals surface area (Å²) in [4.78, 5) is 11.5. The molecule has 0 fully saturated rings. The maximum atomic E-state index is 11.5. The van der Waals surface area contributed by atoms with Crippen molar-refractivity contribution in [2.24, 2.45) is 0 Å². The van der Waals surface area contributed by atoms with Crippen molar-refractivity contribution in [1.29, 1.82) is 0 Å². The highest BCUT2D eigenvalue weighted by atomic mass is 16.3. The fourth-order valence-corrected chi connectivity index (χ4v) is 1.60. The summed E-state index contributed by atoms with van der Waals surface area (Å²) in [6.45, 7) is 2.62. The largest absolute Gasteiger partial charge is 0.459 e. The highest BCUT2D eigenvalue weighted by molar-refractivity contribution is 5.91. The second kappa shape index (κ2) is 5.34. The summed E-state index contributed by atoms with van der Waals surface area (Å²) in [5.41, 5.74) is 2.28. The number of furan rings is 1. The van der Waals surface area contributed by atoms with E-state index >= 15 is 0 Å². The average Bonchev–Trinajstić information content (AvgIpc) is 2.96. The van der Waals surface area contributed by atoms with Gasteiger partial charge >= 0.3 is 0 Å². The van der Waals surface area contributed by atoms with Gasteiger partial charge in [-0.1, -0.05) is 0 Å². The van der Waals surface area contributed by atoms with Crippen LogP contribution in [0.5, 0.6) is 0 Å². The van der Waals surface area contributed by atoms with E-state index in [1.54, 1.807) is 12.1 Å². The van der Waals surface area contributed by atoms with Gasteiger partial charge in [0.05, 0.1) is 12.5 Å². The Labute approximate surface area is 99.2 Å². The number of rotatable bonds is 5. The lowest BCUT2D eigenvalue weighted by atomic mass is 10.1. The standard InChI is InChI=1S/C12H15N3O2/c1-9-10(8-14-15-9)4-2-6-13-12(16)11-5-3-7-17-11/h3,5,7-8H,2,4,6H2,1H3,(H,13,16)(H,14,15). The van der Waals surface area contributed by atoms with Crippen LogP contribution >= 0.6 is 0 Å². The number of aromatic amines is 1. The second-order valence-electron chi connectivity index (χ2n) is 3.86. The number of amides is 1. The van der Waals surface area contributed by atoms with E-state index in [2.05, 4.69) is 15.5 Å². The predicted molar refractivity (Wildman–Crippen MR) is 62.7 cm³/mol. The first-order valence-corrected chi connectivity index (χ1v) is 5.58. The summed E-state index contributed by atoms with van der Waals surface area (Å²) < 4.78 is 4.99. The van der Waals surface area contributed by atoms with E-state index in [-0.39, 0.29) is 5.91 Å². The molecular formula is C12H15N3O2. The number of hydrogen-bond acceptors (Lipinski definition) is 3. The Bertz CT molecular complexity index is 474. The summed E-state index contributed by atoms with van der Waals surface area (Å²) in [7, 11) is 0. The lowest BCUT2D eigenvalue weighted by molar-refractivity contribution is 0.0925. The van der Waals surface area contributed by atoms with Gasteiger partial charge in [0.25, 0.3) is 5.91 Å². The molecule has 2 aromatic rings. The molecule has 1 amide bonds. The molecule has 2 heterocycles. The molecule has 0 aliphatic rings. The zero-order chi connectivity index (χ0) is 12.1. The number of aryl methyl sites for hydroxylation is 2. The number of aromatic nitrogens is 2. The zero-order valence-corrected chi connectivity index (χ0v) is 9.69. The van der Waals surface area contributed by atoms with Crippen LogP contribution in [0, 0.1) is 6.92 Å². The Morgan fingerprint density at radius 3 is 3.12 bits per heavy atom. The molecule has 0 aliphatic heterocycles. The summed E-state index contributed by atoms with van der Waals surface area (Å²) >= 11 is 0. The number of carbonyl (C=O) groups excluding carboxylic acids is 1. The van der Waals surface area contributed by atoms with E-state index in [1.807, 2.05) is 13.1 Å². The van der Waals surface area contributed by atoms with E-state index in [1.165, 1.54) is 11.8 Å². The Hall–Kier alpha value is -2.04. The first-order chi connectivity index (χ1) is 8.27. The van der Waals surface area contributed by atoms with Gasteiger partial charge in [-0.15, -0.1) is 0 Å². The van der Waals surface area contributed by atoms with Gasteiger partial charge in [-0.3, -0.25) is 9.89 Å². The van der Waals surface area contributed by atoms with Crippen LogP contribution in [0.15, 0.2) is 29.0 Å². The average molecular weight is 233 g/mol. The third kappa shape index (κ3) is 2.96. The highest BCUT2D eigenvalue weighted by Crippen LogP contribution is 2.05. The summed E-state index contributed by atoms with van der Waals surface area (Å²) in [6.07, 6.45) is 5.10. The van der Waals surface area contributed by atoms with Crippen molar-refractivity contribution in [2.75, 3.05) is 6.54 Å². The second-order valence-corrected chi connectivity index (χ2v) is 3.86. The third-order valence-corrected chi connectivity index (χ3v) is 2.59. The molecule has 0 bridgehead atoms. The number of nitrogens with one attached hydrogen (secondary N) is 2. The maximum Gasteiger partial charge on any atom is 0.286 e. The van der Waals surface area contributed by atoms with Crippen LogP contribution in [0.3, 0.4) is 0 Å². The van der Waals surface area contributed by atoms with Crippen LogP contribution < -0.4 is 5.32 Å². The highest BCUT2D eigenvalue weighted by Gasteiger charge is 2.07. The van der Waals surface area contributed by atoms with Crippen LogP contribution in [0.2, 0.25) is 0 Å². The molecule has 0 spiro atoms. The Morgan fingerprint density at radius 1 is 1.59 bits per heavy atom. The van der Waals surface area contributed by atoms with Crippen molar-refractivity contribution in [1.82, 2.24) is 15.5 Å². The fraction of sp³-hybridized carbons (Fsp3) is 0.333. The van der Waals surface area contributed by atoms with Gasteiger partial charge in [0.1, 0.15) is 0 Å². The molecule has 0 unspecified atom stereocenters. The lowest BCUT2D eigenvalue weighted by Gasteiger charge is -2.02.